The molecule has 0 fully saturated rings. The average molecular weight is 509 g/mol. The van der Waals surface area contributed by atoms with Gasteiger partial charge in [0.15, 0.2) is 11.5 Å². The van der Waals surface area contributed by atoms with Gasteiger partial charge in [-0.3, -0.25) is 9.48 Å². The molecule has 0 atom stereocenters. The Labute approximate surface area is 210 Å². The molecular formula is C25H19Cl2FN6O. The molecule has 5 aromatic rings. The molecule has 2 aromatic carbocycles. The first-order chi connectivity index (χ1) is 16.9. The van der Waals surface area contributed by atoms with E-state index < -0.39 is 0 Å². The van der Waals surface area contributed by atoms with E-state index in [4.69, 9.17) is 23.2 Å². The van der Waals surface area contributed by atoms with E-state index in [0.717, 1.165) is 27.8 Å². The van der Waals surface area contributed by atoms with Crippen LogP contribution in [-0.4, -0.2) is 30.5 Å². The van der Waals surface area contributed by atoms with Gasteiger partial charge in [0, 0.05) is 33.9 Å². The van der Waals surface area contributed by atoms with Gasteiger partial charge in [-0.25, -0.2) is 14.1 Å². The maximum Gasteiger partial charge on any atom is 0.247 e. The van der Waals surface area contributed by atoms with Gasteiger partial charge in [-0.1, -0.05) is 41.4 Å². The van der Waals surface area contributed by atoms with Gasteiger partial charge in [0.05, 0.1) is 12.2 Å². The highest BCUT2D eigenvalue weighted by atomic mass is 35.5. The van der Waals surface area contributed by atoms with Crippen LogP contribution in [0.15, 0.2) is 67.0 Å². The van der Waals surface area contributed by atoms with Crippen molar-refractivity contribution in [3.63, 3.8) is 0 Å². The quantitative estimate of drug-likeness (QED) is 0.317. The second-order valence-corrected chi connectivity index (χ2v) is 8.83. The van der Waals surface area contributed by atoms with Crippen molar-refractivity contribution in [1.29, 1.82) is 0 Å². The summed E-state index contributed by atoms with van der Waals surface area (Å²) in [5.74, 6) is -0.187. The number of nitrogens with one attached hydrogen (secondary N) is 1. The van der Waals surface area contributed by atoms with Crippen molar-refractivity contribution in [1.82, 2.24) is 24.5 Å². The molecule has 0 saturated heterocycles. The Hall–Kier alpha value is -3.75. The lowest BCUT2D eigenvalue weighted by atomic mass is 10.0. The molecule has 0 bridgehead atoms. The Morgan fingerprint density at radius 2 is 1.86 bits per heavy atom. The summed E-state index contributed by atoms with van der Waals surface area (Å²) in [7, 11) is 0. The van der Waals surface area contributed by atoms with E-state index in [-0.39, 0.29) is 18.3 Å². The number of benzene rings is 2. The van der Waals surface area contributed by atoms with Gasteiger partial charge < -0.3 is 5.32 Å². The lowest BCUT2D eigenvalue weighted by molar-refractivity contribution is -0.116. The zero-order valence-electron chi connectivity index (χ0n) is 18.5. The number of hydrogen-bond donors (Lipinski definition) is 1. The molecule has 5 rings (SSSR count). The van der Waals surface area contributed by atoms with Gasteiger partial charge in [-0.05, 0) is 53.9 Å². The van der Waals surface area contributed by atoms with Gasteiger partial charge in [0.2, 0.25) is 5.91 Å². The lowest BCUT2D eigenvalue weighted by Gasteiger charge is -2.06. The molecule has 0 radical (unpaired) electrons. The molecule has 0 unspecified atom stereocenters. The molecule has 10 heteroatoms. The Kier molecular flexibility index (Phi) is 6.23. The van der Waals surface area contributed by atoms with Crippen LogP contribution in [0.3, 0.4) is 0 Å². The SMILES string of the molecule is Cc1nn(CC(=O)Nc2ccn(Cc3ccc(Cl)cc3Cl)n2)c2nccc(-c3ccc(F)cc3)c12. The molecule has 176 valence electrons. The zero-order valence-corrected chi connectivity index (χ0v) is 20.1. The number of rotatable bonds is 6. The van der Waals surface area contributed by atoms with E-state index in [2.05, 4.69) is 20.5 Å². The first-order valence-corrected chi connectivity index (χ1v) is 11.5. The summed E-state index contributed by atoms with van der Waals surface area (Å²) < 4.78 is 16.6. The summed E-state index contributed by atoms with van der Waals surface area (Å²) in [4.78, 5) is 17.2. The maximum absolute atomic E-state index is 13.4. The van der Waals surface area contributed by atoms with Crippen LogP contribution in [0.4, 0.5) is 10.2 Å². The van der Waals surface area contributed by atoms with E-state index >= 15 is 0 Å². The van der Waals surface area contributed by atoms with Crippen molar-refractivity contribution < 1.29 is 9.18 Å². The van der Waals surface area contributed by atoms with E-state index in [1.165, 1.54) is 12.1 Å². The molecule has 0 spiro atoms. The largest absolute Gasteiger partial charge is 0.308 e. The van der Waals surface area contributed by atoms with E-state index in [1.54, 1.807) is 52.1 Å². The van der Waals surface area contributed by atoms with Gasteiger partial charge in [0.25, 0.3) is 0 Å². The number of fused-ring (bicyclic) bond motifs is 1. The second-order valence-electron chi connectivity index (χ2n) is 7.99. The highest BCUT2D eigenvalue weighted by Crippen LogP contribution is 2.30. The van der Waals surface area contributed by atoms with Crippen LogP contribution in [0.25, 0.3) is 22.2 Å². The molecule has 1 amide bonds. The number of anilines is 1. The topological polar surface area (TPSA) is 77.6 Å². The summed E-state index contributed by atoms with van der Waals surface area (Å²) in [6.07, 6.45) is 3.41. The fourth-order valence-electron chi connectivity index (χ4n) is 3.92. The predicted octanol–water partition coefficient (Wildman–Crippen LogP) is 5.74. The molecule has 0 saturated carbocycles. The highest BCUT2D eigenvalue weighted by Gasteiger charge is 2.16. The molecule has 1 N–H and O–H groups in total. The number of aromatic nitrogens is 5. The van der Waals surface area contributed by atoms with Crippen LogP contribution in [0.5, 0.6) is 0 Å². The van der Waals surface area contributed by atoms with Gasteiger partial charge in [-0.15, -0.1) is 0 Å². The summed E-state index contributed by atoms with van der Waals surface area (Å²) in [6.45, 7) is 2.25. The van der Waals surface area contributed by atoms with Crippen molar-refractivity contribution in [2.75, 3.05) is 5.32 Å². The molecular weight excluding hydrogens is 490 g/mol. The van der Waals surface area contributed by atoms with Crippen LogP contribution < -0.4 is 5.32 Å². The smallest absolute Gasteiger partial charge is 0.247 e. The standard InChI is InChI=1S/C25H19Cl2FN6O/c1-15-24-20(16-3-6-19(28)7-4-16)8-10-29-25(24)34(31-15)14-23(35)30-22-9-11-33(32-22)13-17-2-5-18(26)12-21(17)27/h2-12H,13-14H2,1H3,(H,30,32,35). The van der Waals surface area contributed by atoms with Crippen LogP contribution in [-0.2, 0) is 17.9 Å². The number of hydrogen-bond acceptors (Lipinski definition) is 4. The lowest BCUT2D eigenvalue weighted by Crippen LogP contribution is -2.20. The first-order valence-electron chi connectivity index (χ1n) is 10.7. The van der Waals surface area contributed by atoms with E-state index in [9.17, 15) is 9.18 Å². The number of halogens is 3. The van der Waals surface area contributed by atoms with E-state index in [0.29, 0.717) is 28.1 Å². The molecule has 7 nitrogen and oxygen atoms in total. The highest BCUT2D eigenvalue weighted by molar-refractivity contribution is 6.35. The fraction of sp³-hybridized carbons (Fsp3) is 0.120. The number of pyridine rings is 1. The molecule has 0 aliphatic heterocycles. The summed E-state index contributed by atoms with van der Waals surface area (Å²) in [5.41, 5.74) is 3.88. The molecule has 0 aliphatic rings. The molecule has 3 aromatic heterocycles. The summed E-state index contributed by atoms with van der Waals surface area (Å²) in [6, 6.07) is 15.1. The second kappa shape index (κ2) is 9.48. The van der Waals surface area contributed by atoms with E-state index in [1.807, 2.05) is 19.1 Å². The van der Waals surface area contributed by atoms with Crippen molar-refractivity contribution in [3.05, 3.63) is 94.1 Å². The predicted molar refractivity (Wildman–Crippen MR) is 134 cm³/mol. The summed E-state index contributed by atoms with van der Waals surface area (Å²) >= 11 is 12.2. The first kappa shape index (κ1) is 23.0. The van der Waals surface area contributed by atoms with Crippen LogP contribution >= 0.6 is 23.2 Å². The van der Waals surface area contributed by atoms with Crippen molar-refractivity contribution in [2.45, 2.75) is 20.0 Å². The maximum atomic E-state index is 13.4. The number of aryl methyl sites for hydroxylation is 1. The fourth-order valence-corrected chi connectivity index (χ4v) is 4.39. The van der Waals surface area contributed by atoms with Crippen LogP contribution in [0.2, 0.25) is 10.0 Å². The Morgan fingerprint density at radius 3 is 2.63 bits per heavy atom. The van der Waals surface area contributed by atoms with Crippen molar-refractivity contribution in [3.8, 4) is 11.1 Å². The van der Waals surface area contributed by atoms with Gasteiger partial charge in [0.1, 0.15) is 12.4 Å². The van der Waals surface area contributed by atoms with Gasteiger partial charge in [-0.2, -0.15) is 10.2 Å². The normalized spacial score (nSPS) is 11.2. The minimum atomic E-state index is -0.304. The number of carbonyl (C=O) groups is 1. The minimum Gasteiger partial charge on any atom is -0.308 e. The molecule has 0 aliphatic carbocycles. The molecule has 35 heavy (non-hydrogen) atoms. The Bertz CT molecular complexity index is 1540. The third-order valence-corrected chi connectivity index (χ3v) is 6.10. The van der Waals surface area contributed by atoms with Crippen LogP contribution in [0.1, 0.15) is 11.3 Å². The molecule has 3 heterocycles. The minimum absolute atomic E-state index is 0.0416. The zero-order chi connectivity index (χ0) is 24.5. The number of nitrogens with zero attached hydrogens (tertiary/aromatic N) is 5. The monoisotopic (exact) mass is 508 g/mol. The Morgan fingerprint density at radius 1 is 1.06 bits per heavy atom. The third kappa shape index (κ3) is 4.89. The van der Waals surface area contributed by atoms with Crippen molar-refractivity contribution >= 4 is 46.0 Å². The number of carbonyl (C=O) groups excluding carboxylic acids is 1. The number of amides is 1. The van der Waals surface area contributed by atoms with Crippen molar-refractivity contribution in [2.24, 2.45) is 0 Å². The third-order valence-electron chi connectivity index (χ3n) is 5.51. The Balaban J connectivity index is 1.32. The van der Waals surface area contributed by atoms with Crippen LogP contribution in [0, 0.1) is 12.7 Å². The summed E-state index contributed by atoms with van der Waals surface area (Å²) in [5, 5.41) is 13.6. The van der Waals surface area contributed by atoms with Gasteiger partial charge >= 0.3 is 0 Å². The average Bonchev–Trinajstić information content (AvgIpc) is 3.40.